The number of hydrogen-bond donors (Lipinski definition) is 2. The predicted molar refractivity (Wildman–Crippen MR) is 78.7 cm³/mol. The number of ether oxygens (including phenoxy) is 1. The molecule has 3 N–H and O–H groups in total. The molecule has 0 saturated carbocycles. The van der Waals surface area contributed by atoms with E-state index in [1.54, 1.807) is 6.92 Å². The molecular formula is C12H16BrFN2O4S. The molecule has 0 spiro atoms. The van der Waals surface area contributed by atoms with Crippen LogP contribution in [0.4, 0.5) is 10.1 Å². The number of sulfonamides is 1. The maximum absolute atomic E-state index is 13.4. The minimum atomic E-state index is -3.90. The molecule has 0 aromatic heterocycles. The van der Waals surface area contributed by atoms with Crippen LogP contribution >= 0.6 is 15.9 Å². The summed E-state index contributed by atoms with van der Waals surface area (Å²) in [4.78, 5) is -0.166. The quantitative estimate of drug-likeness (QED) is 0.758. The summed E-state index contributed by atoms with van der Waals surface area (Å²) in [6.07, 6.45) is -0.582. The molecule has 1 aliphatic rings. The summed E-state index contributed by atoms with van der Waals surface area (Å²) in [5.74, 6) is -0.630. The van der Waals surface area contributed by atoms with Gasteiger partial charge in [-0.3, -0.25) is 0 Å². The third-order valence-electron chi connectivity index (χ3n) is 3.29. The zero-order valence-electron chi connectivity index (χ0n) is 11.3. The number of hydrogen-bond acceptors (Lipinski definition) is 5. The third kappa shape index (κ3) is 3.21. The van der Waals surface area contributed by atoms with Crippen LogP contribution in [0.2, 0.25) is 0 Å². The first-order valence-corrected chi connectivity index (χ1v) is 8.49. The van der Waals surface area contributed by atoms with Crippen LogP contribution in [0.5, 0.6) is 0 Å². The average Bonchev–Trinajstić information content (AvgIpc) is 2.43. The van der Waals surface area contributed by atoms with Gasteiger partial charge in [0.2, 0.25) is 10.0 Å². The number of halogens is 2. The van der Waals surface area contributed by atoms with Crippen LogP contribution in [0.25, 0.3) is 0 Å². The van der Waals surface area contributed by atoms with E-state index in [4.69, 9.17) is 15.6 Å². The second-order valence-electron chi connectivity index (χ2n) is 4.87. The number of anilines is 1. The van der Waals surface area contributed by atoms with E-state index in [-0.39, 0.29) is 34.8 Å². The van der Waals surface area contributed by atoms with Crippen molar-refractivity contribution >= 4 is 31.6 Å². The standard InChI is InChI=1S/C12H16BrFN2O4S/c1-7-6-20-8(5-17)4-16(7)21(18,19)12-2-9(13)10(14)3-11(12)15/h2-3,7-8,17H,4-6,15H2,1H3. The van der Waals surface area contributed by atoms with Crippen LogP contribution in [0, 0.1) is 5.82 Å². The number of morpholine rings is 1. The number of nitrogens with two attached hydrogens (primary N) is 1. The molecule has 2 unspecified atom stereocenters. The van der Waals surface area contributed by atoms with Gasteiger partial charge in [-0.15, -0.1) is 0 Å². The summed E-state index contributed by atoms with van der Waals surface area (Å²) in [5, 5.41) is 9.14. The molecule has 1 aromatic carbocycles. The average molecular weight is 383 g/mol. The van der Waals surface area contributed by atoms with Gasteiger partial charge in [0, 0.05) is 12.6 Å². The van der Waals surface area contributed by atoms with Gasteiger partial charge >= 0.3 is 0 Å². The Morgan fingerprint density at radius 2 is 2.24 bits per heavy atom. The fourth-order valence-corrected chi connectivity index (χ4v) is 4.40. The zero-order chi connectivity index (χ0) is 15.8. The maximum Gasteiger partial charge on any atom is 0.245 e. The van der Waals surface area contributed by atoms with Gasteiger partial charge in [-0.25, -0.2) is 12.8 Å². The molecule has 1 aromatic rings. The smallest absolute Gasteiger partial charge is 0.245 e. The van der Waals surface area contributed by atoms with Crippen molar-refractivity contribution in [2.24, 2.45) is 0 Å². The van der Waals surface area contributed by atoms with Gasteiger partial charge in [-0.1, -0.05) is 0 Å². The molecular weight excluding hydrogens is 367 g/mol. The molecule has 1 fully saturated rings. The molecule has 1 heterocycles. The van der Waals surface area contributed by atoms with Crippen LogP contribution in [0.1, 0.15) is 6.92 Å². The lowest BCUT2D eigenvalue weighted by atomic mass is 10.2. The zero-order valence-corrected chi connectivity index (χ0v) is 13.7. The summed E-state index contributed by atoms with van der Waals surface area (Å²) in [5.41, 5.74) is 5.49. The minimum absolute atomic E-state index is 0.0223. The van der Waals surface area contributed by atoms with E-state index in [1.165, 1.54) is 4.31 Å². The highest BCUT2D eigenvalue weighted by Crippen LogP contribution is 2.30. The number of aliphatic hydroxyl groups excluding tert-OH is 1. The Labute approximate surface area is 130 Å². The highest BCUT2D eigenvalue weighted by Gasteiger charge is 2.36. The second-order valence-corrected chi connectivity index (χ2v) is 7.58. The monoisotopic (exact) mass is 382 g/mol. The summed E-state index contributed by atoms with van der Waals surface area (Å²) in [7, 11) is -3.90. The van der Waals surface area contributed by atoms with E-state index >= 15 is 0 Å². The molecule has 2 atom stereocenters. The molecule has 2 rings (SSSR count). The number of nitrogen functional groups attached to an aromatic ring is 1. The highest BCUT2D eigenvalue weighted by atomic mass is 79.9. The maximum atomic E-state index is 13.4. The van der Waals surface area contributed by atoms with Gasteiger partial charge in [0.15, 0.2) is 0 Å². The van der Waals surface area contributed by atoms with Gasteiger partial charge in [0.1, 0.15) is 10.7 Å². The van der Waals surface area contributed by atoms with Gasteiger partial charge < -0.3 is 15.6 Å². The second kappa shape index (κ2) is 6.17. The summed E-state index contributed by atoms with van der Waals surface area (Å²) in [6, 6.07) is 1.71. The Morgan fingerprint density at radius 3 is 2.86 bits per heavy atom. The summed E-state index contributed by atoms with van der Waals surface area (Å²) in [6.45, 7) is 1.61. The summed E-state index contributed by atoms with van der Waals surface area (Å²) >= 11 is 2.96. The normalized spacial score (nSPS) is 24.2. The van der Waals surface area contributed by atoms with Crippen molar-refractivity contribution in [1.29, 1.82) is 0 Å². The Balaban J connectivity index is 2.43. The topological polar surface area (TPSA) is 92.9 Å². The Hall–Kier alpha value is -0.740. The van der Waals surface area contributed by atoms with E-state index in [9.17, 15) is 12.8 Å². The van der Waals surface area contributed by atoms with E-state index in [0.29, 0.717) is 0 Å². The van der Waals surface area contributed by atoms with Gasteiger partial charge in [0.25, 0.3) is 0 Å². The lowest BCUT2D eigenvalue weighted by Crippen LogP contribution is -2.51. The van der Waals surface area contributed by atoms with Crippen LogP contribution in [-0.2, 0) is 14.8 Å². The van der Waals surface area contributed by atoms with Crippen LogP contribution < -0.4 is 5.73 Å². The Bertz CT molecular complexity index is 640. The van der Waals surface area contributed by atoms with E-state index in [1.807, 2.05) is 0 Å². The fraction of sp³-hybridized carbons (Fsp3) is 0.500. The molecule has 1 saturated heterocycles. The van der Waals surface area contributed by atoms with E-state index in [2.05, 4.69) is 15.9 Å². The van der Waals surface area contributed by atoms with Crippen molar-refractivity contribution in [3.63, 3.8) is 0 Å². The Morgan fingerprint density at radius 1 is 1.57 bits per heavy atom. The largest absolute Gasteiger partial charge is 0.398 e. The van der Waals surface area contributed by atoms with Gasteiger partial charge in [-0.2, -0.15) is 4.31 Å². The number of benzene rings is 1. The van der Waals surface area contributed by atoms with Crippen molar-refractivity contribution in [3.05, 3.63) is 22.4 Å². The lowest BCUT2D eigenvalue weighted by Gasteiger charge is -2.36. The van der Waals surface area contributed by atoms with Crippen LogP contribution in [0.3, 0.4) is 0 Å². The van der Waals surface area contributed by atoms with Gasteiger partial charge in [0.05, 0.1) is 29.5 Å². The lowest BCUT2D eigenvalue weighted by molar-refractivity contribution is -0.0516. The first-order chi connectivity index (χ1) is 9.77. The number of rotatable bonds is 3. The molecule has 0 amide bonds. The van der Waals surface area contributed by atoms with Crippen molar-refractivity contribution in [2.75, 3.05) is 25.5 Å². The molecule has 9 heteroatoms. The molecule has 0 aliphatic carbocycles. The molecule has 118 valence electrons. The van der Waals surface area contributed by atoms with E-state index in [0.717, 1.165) is 12.1 Å². The minimum Gasteiger partial charge on any atom is -0.398 e. The highest BCUT2D eigenvalue weighted by molar-refractivity contribution is 9.10. The van der Waals surface area contributed by atoms with Crippen molar-refractivity contribution < 1.29 is 22.7 Å². The number of nitrogens with zero attached hydrogens (tertiary/aromatic N) is 1. The first-order valence-electron chi connectivity index (χ1n) is 6.26. The molecule has 0 bridgehead atoms. The van der Waals surface area contributed by atoms with Crippen LogP contribution in [-0.4, -0.2) is 49.7 Å². The molecule has 0 radical (unpaired) electrons. The van der Waals surface area contributed by atoms with Crippen LogP contribution in [0.15, 0.2) is 21.5 Å². The Kier molecular flexibility index (Phi) is 4.89. The predicted octanol–water partition coefficient (Wildman–Crippen LogP) is 0.941. The van der Waals surface area contributed by atoms with Crippen molar-refractivity contribution in [2.45, 2.75) is 24.0 Å². The first kappa shape index (κ1) is 16.6. The SMILES string of the molecule is CC1COC(CO)CN1S(=O)(=O)c1cc(Br)c(F)cc1N. The van der Waals surface area contributed by atoms with Gasteiger partial charge in [-0.05, 0) is 35.0 Å². The third-order valence-corrected chi connectivity index (χ3v) is 5.93. The molecule has 6 nitrogen and oxygen atoms in total. The van der Waals surface area contributed by atoms with Crippen molar-refractivity contribution in [3.8, 4) is 0 Å². The molecule has 1 aliphatic heterocycles. The van der Waals surface area contributed by atoms with Crippen molar-refractivity contribution in [1.82, 2.24) is 4.31 Å². The fourth-order valence-electron chi connectivity index (χ4n) is 2.13. The van der Waals surface area contributed by atoms with E-state index < -0.39 is 28.0 Å². The molecule has 21 heavy (non-hydrogen) atoms. The number of aliphatic hydroxyl groups is 1. The summed E-state index contributed by atoms with van der Waals surface area (Å²) < 4.78 is 45.4.